The van der Waals surface area contributed by atoms with Crippen LogP contribution in [-0.2, 0) is 0 Å². The minimum absolute atomic E-state index is 0.662. The second kappa shape index (κ2) is 11.4. The van der Waals surface area contributed by atoms with Crippen LogP contribution in [0.5, 0.6) is 0 Å². The molecule has 0 bridgehead atoms. The third-order valence-corrected chi connectivity index (χ3v) is 6.79. The molecule has 0 nitrogen and oxygen atoms in total. The summed E-state index contributed by atoms with van der Waals surface area (Å²) in [4.78, 5) is 0. The standard InChI is InChI=1S/C29H40/c1-4-6-8-10-24-11-13-26(14-12-24)28-19-21-29(22-20-28)27-17-15-25(16-18-27)23(3)9-7-5-2/h13,15-24H,4-12,14H2,1-3H3. The van der Waals surface area contributed by atoms with Crippen molar-refractivity contribution in [2.45, 2.75) is 90.9 Å². The first-order valence-corrected chi connectivity index (χ1v) is 12.1. The van der Waals surface area contributed by atoms with Gasteiger partial charge in [-0.1, -0.05) is 114 Å². The van der Waals surface area contributed by atoms with Crippen LogP contribution in [0, 0.1) is 5.92 Å². The van der Waals surface area contributed by atoms with E-state index in [1.807, 2.05) is 0 Å². The zero-order chi connectivity index (χ0) is 20.5. The second-order valence-corrected chi connectivity index (χ2v) is 9.11. The Labute approximate surface area is 179 Å². The Kier molecular flexibility index (Phi) is 8.59. The summed E-state index contributed by atoms with van der Waals surface area (Å²) in [5, 5.41) is 0. The molecule has 0 spiro atoms. The van der Waals surface area contributed by atoms with E-state index in [1.165, 1.54) is 86.5 Å². The van der Waals surface area contributed by atoms with Crippen LogP contribution in [0.25, 0.3) is 16.7 Å². The van der Waals surface area contributed by atoms with E-state index in [9.17, 15) is 0 Å². The summed E-state index contributed by atoms with van der Waals surface area (Å²) < 4.78 is 0. The van der Waals surface area contributed by atoms with Crippen LogP contribution in [-0.4, -0.2) is 0 Å². The normalized spacial score (nSPS) is 17.8. The van der Waals surface area contributed by atoms with Gasteiger partial charge in [0.05, 0.1) is 0 Å². The second-order valence-electron chi connectivity index (χ2n) is 9.11. The van der Waals surface area contributed by atoms with Crippen molar-refractivity contribution in [3.05, 3.63) is 65.7 Å². The minimum atomic E-state index is 0.662. The number of rotatable bonds is 10. The fourth-order valence-electron chi connectivity index (χ4n) is 4.65. The maximum Gasteiger partial charge on any atom is -0.0184 e. The molecule has 156 valence electrons. The van der Waals surface area contributed by atoms with E-state index in [0.717, 1.165) is 5.92 Å². The van der Waals surface area contributed by atoms with Crippen molar-refractivity contribution in [3.63, 3.8) is 0 Å². The van der Waals surface area contributed by atoms with E-state index in [2.05, 4.69) is 75.4 Å². The molecule has 2 aromatic rings. The minimum Gasteiger partial charge on any atom is -0.0804 e. The molecule has 3 rings (SSSR count). The Morgan fingerprint density at radius 3 is 2.00 bits per heavy atom. The predicted molar refractivity (Wildman–Crippen MR) is 129 cm³/mol. The highest BCUT2D eigenvalue weighted by Crippen LogP contribution is 2.34. The molecular weight excluding hydrogens is 348 g/mol. The number of hydrogen-bond acceptors (Lipinski definition) is 0. The van der Waals surface area contributed by atoms with Gasteiger partial charge in [0, 0.05) is 0 Å². The number of allylic oxidation sites excluding steroid dienone is 2. The smallest absolute Gasteiger partial charge is 0.0184 e. The summed E-state index contributed by atoms with van der Waals surface area (Å²) in [5.41, 5.74) is 7.11. The monoisotopic (exact) mass is 388 g/mol. The van der Waals surface area contributed by atoms with Crippen LogP contribution in [0.1, 0.15) is 102 Å². The van der Waals surface area contributed by atoms with E-state index < -0.39 is 0 Å². The lowest BCUT2D eigenvalue weighted by molar-refractivity contribution is 0.428. The molecular formula is C29H40. The fourth-order valence-corrected chi connectivity index (χ4v) is 4.65. The molecule has 0 aliphatic heterocycles. The molecule has 0 heteroatoms. The first kappa shape index (κ1) is 21.9. The van der Waals surface area contributed by atoms with Crippen molar-refractivity contribution in [1.29, 1.82) is 0 Å². The zero-order valence-corrected chi connectivity index (χ0v) is 18.9. The number of hydrogen-bond donors (Lipinski definition) is 0. The highest BCUT2D eigenvalue weighted by atomic mass is 14.2. The van der Waals surface area contributed by atoms with Crippen LogP contribution < -0.4 is 0 Å². The molecule has 0 saturated carbocycles. The van der Waals surface area contributed by atoms with Gasteiger partial charge in [0.15, 0.2) is 0 Å². The molecule has 0 saturated heterocycles. The lowest BCUT2D eigenvalue weighted by atomic mass is 9.83. The molecule has 0 aromatic heterocycles. The van der Waals surface area contributed by atoms with Gasteiger partial charge in [-0.3, -0.25) is 0 Å². The number of unbranched alkanes of at least 4 members (excludes halogenated alkanes) is 3. The van der Waals surface area contributed by atoms with Crippen molar-refractivity contribution in [2.24, 2.45) is 5.92 Å². The van der Waals surface area contributed by atoms with Crippen molar-refractivity contribution >= 4 is 5.57 Å². The van der Waals surface area contributed by atoms with Crippen LogP contribution in [0.3, 0.4) is 0 Å². The van der Waals surface area contributed by atoms with E-state index in [0.29, 0.717) is 5.92 Å². The van der Waals surface area contributed by atoms with Gasteiger partial charge in [-0.05, 0) is 65.3 Å². The van der Waals surface area contributed by atoms with Crippen molar-refractivity contribution in [2.75, 3.05) is 0 Å². The number of benzene rings is 2. The average Bonchev–Trinajstić information content (AvgIpc) is 2.78. The average molecular weight is 389 g/mol. The summed E-state index contributed by atoms with van der Waals surface area (Å²) in [7, 11) is 0. The topological polar surface area (TPSA) is 0 Å². The SMILES string of the molecule is CCCCCC1CC=C(c2ccc(-c3ccc(C(C)CCCC)cc3)cc2)CC1. The Morgan fingerprint density at radius 2 is 1.41 bits per heavy atom. The lowest BCUT2D eigenvalue weighted by Crippen LogP contribution is -2.05. The van der Waals surface area contributed by atoms with Crippen LogP contribution in [0.2, 0.25) is 0 Å². The molecule has 0 fully saturated rings. The van der Waals surface area contributed by atoms with E-state index in [4.69, 9.17) is 0 Å². The molecule has 0 N–H and O–H groups in total. The maximum absolute atomic E-state index is 2.52. The largest absolute Gasteiger partial charge is 0.0804 e. The summed E-state index contributed by atoms with van der Waals surface area (Å²) in [6.45, 7) is 6.92. The Bertz CT molecular complexity index is 748. The van der Waals surface area contributed by atoms with Gasteiger partial charge in [-0.2, -0.15) is 0 Å². The van der Waals surface area contributed by atoms with Gasteiger partial charge in [-0.15, -0.1) is 0 Å². The van der Waals surface area contributed by atoms with Crippen LogP contribution in [0.15, 0.2) is 54.6 Å². The summed E-state index contributed by atoms with van der Waals surface area (Å²) in [6.07, 6.45) is 15.9. The molecule has 29 heavy (non-hydrogen) atoms. The molecule has 2 atom stereocenters. The molecule has 2 unspecified atom stereocenters. The highest BCUT2D eigenvalue weighted by molar-refractivity contribution is 5.71. The van der Waals surface area contributed by atoms with Gasteiger partial charge >= 0.3 is 0 Å². The van der Waals surface area contributed by atoms with Crippen molar-refractivity contribution in [3.8, 4) is 11.1 Å². The van der Waals surface area contributed by atoms with Crippen LogP contribution in [0.4, 0.5) is 0 Å². The van der Waals surface area contributed by atoms with E-state index in [-0.39, 0.29) is 0 Å². The third-order valence-electron chi connectivity index (χ3n) is 6.79. The molecule has 1 aliphatic carbocycles. The summed E-state index contributed by atoms with van der Waals surface area (Å²) in [5.74, 6) is 1.58. The molecule has 0 radical (unpaired) electrons. The van der Waals surface area contributed by atoms with Gasteiger partial charge in [-0.25, -0.2) is 0 Å². The van der Waals surface area contributed by atoms with Crippen molar-refractivity contribution in [1.82, 2.24) is 0 Å². The summed E-state index contributed by atoms with van der Waals surface area (Å²) in [6, 6.07) is 18.5. The molecule has 2 aromatic carbocycles. The maximum atomic E-state index is 2.52. The Hall–Kier alpha value is -1.82. The van der Waals surface area contributed by atoms with E-state index >= 15 is 0 Å². The lowest BCUT2D eigenvalue weighted by Gasteiger charge is -2.22. The quantitative estimate of drug-likeness (QED) is 0.355. The molecule has 0 heterocycles. The zero-order valence-electron chi connectivity index (χ0n) is 18.9. The first-order chi connectivity index (χ1) is 14.2. The molecule has 1 aliphatic rings. The highest BCUT2D eigenvalue weighted by Gasteiger charge is 2.15. The first-order valence-electron chi connectivity index (χ1n) is 12.1. The predicted octanol–water partition coefficient (Wildman–Crippen LogP) is 9.41. The van der Waals surface area contributed by atoms with E-state index in [1.54, 1.807) is 5.57 Å². The molecule has 0 amide bonds. The van der Waals surface area contributed by atoms with Gasteiger partial charge < -0.3 is 0 Å². The fraction of sp³-hybridized carbons (Fsp3) is 0.517. The Morgan fingerprint density at radius 1 is 0.793 bits per heavy atom. The van der Waals surface area contributed by atoms with Gasteiger partial charge in [0.1, 0.15) is 0 Å². The Balaban J connectivity index is 1.59. The third kappa shape index (κ3) is 6.33. The van der Waals surface area contributed by atoms with Crippen LogP contribution >= 0.6 is 0 Å². The van der Waals surface area contributed by atoms with Gasteiger partial charge in [0.25, 0.3) is 0 Å². The summed E-state index contributed by atoms with van der Waals surface area (Å²) >= 11 is 0. The van der Waals surface area contributed by atoms with Crippen molar-refractivity contribution < 1.29 is 0 Å². The van der Waals surface area contributed by atoms with Gasteiger partial charge in [0.2, 0.25) is 0 Å².